The van der Waals surface area contributed by atoms with Gasteiger partial charge in [0.1, 0.15) is 0 Å². The van der Waals surface area contributed by atoms with Crippen LogP contribution in [0.25, 0.3) is 0 Å². The van der Waals surface area contributed by atoms with Crippen LogP contribution in [0.3, 0.4) is 0 Å². The molecule has 30 heavy (non-hydrogen) atoms. The van der Waals surface area contributed by atoms with Crippen LogP contribution in [0.15, 0.2) is 72.8 Å². The number of nitro benzene ring substituents is 1. The molecule has 0 aliphatic carbocycles. The molecule has 150 valence electrons. The molecule has 0 bridgehead atoms. The average molecular weight is 418 g/mol. The van der Waals surface area contributed by atoms with Gasteiger partial charge in [-0.25, -0.2) is 0 Å². The highest BCUT2D eigenvalue weighted by Crippen LogP contribution is 2.27. The number of amides is 2. The zero-order valence-electron chi connectivity index (χ0n) is 16.0. The second-order valence-corrected chi connectivity index (χ2v) is 7.91. The highest BCUT2D eigenvalue weighted by molar-refractivity contribution is 7.97. The van der Waals surface area contributed by atoms with E-state index in [0.717, 1.165) is 16.7 Å². The van der Waals surface area contributed by atoms with E-state index >= 15 is 0 Å². The van der Waals surface area contributed by atoms with E-state index in [0.29, 0.717) is 22.6 Å². The Morgan fingerprint density at radius 3 is 1.93 bits per heavy atom. The van der Waals surface area contributed by atoms with Crippen molar-refractivity contribution in [3.8, 4) is 0 Å². The van der Waals surface area contributed by atoms with Crippen molar-refractivity contribution in [3.63, 3.8) is 0 Å². The maximum absolute atomic E-state index is 12.6. The van der Waals surface area contributed by atoms with Crippen molar-refractivity contribution in [2.45, 2.75) is 18.1 Å². The topological polar surface area (TPSA) is 80.5 Å². The van der Waals surface area contributed by atoms with Crippen molar-refractivity contribution in [1.29, 1.82) is 0 Å². The van der Waals surface area contributed by atoms with E-state index in [4.69, 9.17) is 0 Å². The van der Waals surface area contributed by atoms with E-state index < -0.39 is 4.92 Å². The summed E-state index contributed by atoms with van der Waals surface area (Å²) in [5, 5.41) is 10.8. The van der Waals surface area contributed by atoms with Crippen LogP contribution >= 0.6 is 11.8 Å². The minimum absolute atomic E-state index is 0.0787. The smallest absolute Gasteiger partial charge is 0.269 e. The number of hydrogen-bond donors (Lipinski definition) is 0. The van der Waals surface area contributed by atoms with Gasteiger partial charge in [0.2, 0.25) is 0 Å². The van der Waals surface area contributed by atoms with Gasteiger partial charge in [-0.3, -0.25) is 24.6 Å². The summed E-state index contributed by atoms with van der Waals surface area (Å²) in [5.41, 5.74) is 3.97. The summed E-state index contributed by atoms with van der Waals surface area (Å²) < 4.78 is 0. The average Bonchev–Trinajstić information content (AvgIpc) is 3.00. The number of non-ortho nitro benzene ring substituents is 1. The molecule has 0 atom stereocenters. The number of nitrogens with zero attached hydrogens (tertiary/aromatic N) is 2. The van der Waals surface area contributed by atoms with Gasteiger partial charge in [-0.15, -0.1) is 0 Å². The van der Waals surface area contributed by atoms with E-state index in [9.17, 15) is 19.7 Å². The van der Waals surface area contributed by atoms with Crippen molar-refractivity contribution in [3.05, 3.63) is 111 Å². The number of thioether (sulfide) groups is 1. The lowest BCUT2D eigenvalue weighted by Crippen LogP contribution is -2.29. The molecule has 0 unspecified atom stereocenters. The summed E-state index contributed by atoms with van der Waals surface area (Å²) in [6, 6.07) is 21.2. The SMILES string of the molecule is O=C1c2ccccc2C(=O)N1Cc1ccccc1CSCc1ccc([N+](=O)[O-])cc1. The zero-order valence-corrected chi connectivity index (χ0v) is 16.8. The molecule has 0 radical (unpaired) electrons. The van der Waals surface area contributed by atoms with Crippen LogP contribution in [0.5, 0.6) is 0 Å². The van der Waals surface area contributed by atoms with E-state index in [-0.39, 0.29) is 24.0 Å². The van der Waals surface area contributed by atoms with Gasteiger partial charge in [0, 0.05) is 23.6 Å². The van der Waals surface area contributed by atoms with Crippen LogP contribution in [0.2, 0.25) is 0 Å². The summed E-state index contributed by atoms with van der Waals surface area (Å²) in [6.45, 7) is 0.237. The Hall–Kier alpha value is -3.45. The number of carbonyl (C=O) groups is 2. The van der Waals surface area contributed by atoms with Crippen LogP contribution in [-0.4, -0.2) is 21.6 Å². The van der Waals surface area contributed by atoms with Crippen LogP contribution in [0.1, 0.15) is 37.4 Å². The molecular formula is C23H18N2O4S. The second kappa shape index (κ2) is 8.51. The third kappa shape index (κ3) is 3.97. The highest BCUT2D eigenvalue weighted by Gasteiger charge is 2.35. The first-order chi connectivity index (χ1) is 14.5. The van der Waals surface area contributed by atoms with Gasteiger partial charge >= 0.3 is 0 Å². The third-order valence-corrected chi connectivity index (χ3v) is 6.05. The first-order valence-corrected chi connectivity index (χ1v) is 10.5. The standard InChI is InChI=1S/C23H18N2O4S/c26-22-20-7-3-4-8-21(20)23(27)24(22)13-17-5-1-2-6-18(17)15-30-14-16-9-11-19(12-10-16)25(28)29/h1-12H,13-15H2. The number of rotatable bonds is 7. The van der Waals surface area contributed by atoms with Crippen molar-refractivity contribution in [2.75, 3.05) is 0 Å². The Morgan fingerprint density at radius 2 is 1.33 bits per heavy atom. The molecule has 4 rings (SSSR count). The second-order valence-electron chi connectivity index (χ2n) is 6.93. The van der Waals surface area contributed by atoms with Gasteiger partial charge in [0.15, 0.2) is 0 Å². The van der Waals surface area contributed by atoms with Gasteiger partial charge in [0.25, 0.3) is 17.5 Å². The maximum Gasteiger partial charge on any atom is 0.269 e. The quantitative estimate of drug-likeness (QED) is 0.312. The Balaban J connectivity index is 1.43. The monoisotopic (exact) mass is 418 g/mol. The highest BCUT2D eigenvalue weighted by atomic mass is 32.2. The molecular weight excluding hydrogens is 400 g/mol. The molecule has 2 amide bonds. The Kier molecular flexibility index (Phi) is 5.63. The van der Waals surface area contributed by atoms with Gasteiger partial charge < -0.3 is 0 Å². The van der Waals surface area contributed by atoms with Gasteiger partial charge in [0.05, 0.1) is 22.6 Å². The van der Waals surface area contributed by atoms with Crippen LogP contribution < -0.4 is 0 Å². The molecule has 0 aromatic heterocycles. The van der Waals surface area contributed by atoms with Crippen molar-refractivity contribution in [1.82, 2.24) is 4.90 Å². The number of nitro groups is 1. The molecule has 1 aliphatic heterocycles. The minimum atomic E-state index is -0.410. The predicted molar refractivity (Wildman–Crippen MR) is 115 cm³/mol. The summed E-state index contributed by atoms with van der Waals surface area (Å²) in [4.78, 5) is 36.9. The molecule has 6 nitrogen and oxygen atoms in total. The Morgan fingerprint density at radius 1 is 0.767 bits per heavy atom. The fourth-order valence-corrected chi connectivity index (χ4v) is 4.43. The number of benzene rings is 3. The molecule has 1 heterocycles. The minimum Gasteiger partial charge on any atom is -0.270 e. The molecule has 0 saturated heterocycles. The molecule has 3 aromatic rings. The Bertz CT molecular complexity index is 1090. The largest absolute Gasteiger partial charge is 0.270 e. The lowest BCUT2D eigenvalue weighted by molar-refractivity contribution is -0.384. The first-order valence-electron chi connectivity index (χ1n) is 9.37. The molecule has 3 aromatic carbocycles. The summed E-state index contributed by atoms with van der Waals surface area (Å²) in [6.07, 6.45) is 0. The van der Waals surface area contributed by atoms with E-state index in [1.165, 1.54) is 17.0 Å². The first kappa shape index (κ1) is 19.8. The molecule has 0 spiro atoms. The van der Waals surface area contributed by atoms with E-state index in [1.807, 2.05) is 24.3 Å². The van der Waals surface area contributed by atoms with E-state index in [2.05, 4.69) is 0 Å². The Labute approximate surface area is 177 Å². The maximum atomic E-state index is 12.6. The number of carbonyl (C=O) groups excluding carboxylic acids is 2. The molecule has 1 aliphatic rings. The number of hydrogen-bond acceptors (Lipinski definition) is 5. The van der Waals surface area contributed by atoms with Gasteiger partial charge in [-0.2, -0.15) is 11.8 Å². The third-order valence-electron chi connectivity index (χ3n) is 5.00. The molecule has 0 saturated carbocycles. The van der Waals surface area contributed by atoms with Crippen molar-refractivity contribution in [2.24, 2.45) is 0 Å². The predicted octanol–water partition coefficient (Wildman–Crippen LogP) is 4.82. The lowest BCUT2D eigenvalue weighted by Gasteiger charge is -2.16. The molecule has 0 N–H and O–H groups in total. The van der Waals surface area contributed by atoms with Gasteiger partial charge in [-0.1, -0.05) is 48.5 Å². The summed E-state index contributed by atoms with van der Waals surface area (Å²) >= 11 is 1.68. The van der Waals surface area contributed by atoms with Crippen LogP contribution in [0, 0.1) is 10.1 Å². The lowest BCUT2D eigenvalue weighted by atomic mass is 10.1. The molecule has 7 heteroatoms. The number of imide groups is 1. The van der Waals surface area contributed by atoms with Crippen molar-refractivity contribution < 1.29 is 14.5 Å². The summed E-state index contributed by atoms with van der Waals surface area (Å²) in [5.74, 6) is 0.892. The zero-order chi connectivity index (χ0) is 21.1. The normalized spacial score (nSPS) is 12.9. The fourth-order valence-electron chi connectivity index (χ4n) is 3.40. The van der Waals surface area contributed by atoms with Crippen molar-refractivity contribution >= 4 is 29.3 Å². The summed E-state index contributed by atoms with van der Waals surface area (Å²) in [7, 11) is 0. The number of fused-ring (bicyclic) bond motifs is 1. The van der Waals surface area contributed by atoms with E-state index in [1.54, 1.807) is 48.2 Å². The van der Waals surface area contributed by atoms with Crippen LogP contribution in [0.4, 0.5) is 5.69 Å². The molecule has 0 fully saturated rings. The van der Waals surface area contributed by atoms with Crippen LogP contribution in [-0.2, 0) is 18.1 Å². The van der Waals surface area contributed by atoms with Gasteiger partial charge in [-0.05, 0) is 28.8 Å². The fraction of sp³-hybridized carbons (Fsp3) is 0.130.